The van der Waals surface area contributed by atoms with Crippen LogP contribution in [-0.2, 0) is 0 Å². The molecule has 0 aliphatic rings. The quantitative estimate of drug-likeness (QED) is 0.551. The highest BCUT2D eigenvalue weighted by molar-refractivity contribution is 7.99. The second-order valence-electron chi connectivity index (χ2n) is 4.57. The van der Waals surface area contributed by atoms with Gasteiger partial charge >= 0.3 is 0 Å². The maximum Gasteiger partial charge on any atom is 0.177 e. The van der Waals surface area contributed by atoms with Gasteiger partial charge in [-0.15, -0.1) is 0 Å². The zero-order valence-corrected chi connectivity index (χ0v) is 12.8. The summed E-state index contributed by atoms with van der Waals surface area (Å²) in [6.07, 6.45) is 1.09. The number of ether oxygens (including phenoxy) is 1. The summed E-state index contributed by atoms with van der Waals surface area (Å²) in [5.74, 6) is 2.39. The van der Waals surface area contributed by atoms with Crippen molar-refractivity contribution in [3.05, 3.63) is 42.0 Å². The molecule has 2 aromatic rings. The Morgan fingerprint density at radius 2 is 1.95 bits per heavy atom. The molecule has 3 heteroatoms. The fourth-order valence-corrected chi connectivity index (χ4v) is 2.96. The number of thioether (sulfide) groups is 1. The maximum absolute atomic E-state index is 12.5. The summed E-state index contributed by atoms with van der Waals surface area (Å²) >= 11 is 1.69. The van der Waals surface area contributed by atoms with Crippen LogP contribution in [0.5, 0.6) is 5.75 Å². The Bertz CT molecular complexity index is 593. The standard InChI is InChI=1S/C17H20O2S/c1-3-11-20-12-15(18)17-14-8-6-5-7-13(14)9-10-16(17)19-4-2/h5-10H,3-4,11-12H2,1-2H3. The third-order valence-corrected chi connectivity index (χ3v) is 4.21. The lowest BCUT2D eigenvalue weighted by Gasteiger charge is -2.12. The van der Waals surface area contributed by atoms with Crippen LogP contribution in [0.3, 0.4) is 0 Å². The summed E-state index contributed by atoms with van der Waals surface area (Å²) in [4.78, 5) is 12.5. The molecule has 0 aliphatic carbocycles. The molecule has 0 radical (unpaired) electrons. The number of Topliss-reactive ketones (excluding diaryl/α,β-unsaturated/α-hetero) is 1. The van der Waals surface area contributed by atoms with Crippen molar-refractivity contribution in [1.29, 1.82) is 0 Å². The lowest BCUT2D eigenvalue weighted by molar-refractivity contribution is 0.102. The van der Waals surface area contributed by atoms with Crippen LogP contribution >= 0.6 is 11.8 Å². The average Bonchev–Trinajstić information content (AvgIpc) is 2.47. The van der Waals surface area contributed by atoms with Crippen LogP contribution in [0, 0.1) is 0 Å². The summed E-state index contributed by atoms with van der Waals surface area (Å²) in [5.41, 5.74) is 0.730. The molecule has 0 heterocycles. The molecule has 106 valence electrons. The molecular formula is C17H20O2S. The van der Waals surface area contributed by atoms with Crippen LogP contribution in [0.25, 0.3) is 10.8 Å². The minimum atomic E-state index is 0.156. The molecule has 0 N–H and O–H groups in total. The first kappa shape index (κ1) is 14.9. The van der Waals surface area contributed by atoms with Crippen molar-refractivity contribution in [3.63, 3.8) is 0 Å². The lowest BCUT2D eigenvalue weighted by atomic mass is 10.0. The highest BCUT2D eigenvalue weighted by atomic mass is 32.2. The van der Waals surface area contributed by atoms with Gasteiger partial charge in [-0.25, -0.2) is 0 Å². The Morgan fingerprint density at radius 1 is 1.15 bits per heavy atom. The van der Waals surface area contributed by atoms with E-state index in [0.29, 0.717) is 18.1 Å². The molecule has 0 aromatic heterocycles. The van der Waals surface area contributed by atoms with Crippen molar-refractivity contribution < 1.29 is 9.53 Å². The number of hydrogen-bond donors (Lipinski definition) is 0. The molecule has 0 spiro atoms. The topological polar surface area (TPSA) is 26.3 Å². The zero-order chi connectivity index (χ0) is 14.4. The highest BCUT2D eigenvalue weighted by Gasteiger charge is 2.16. The van der Waals surface area contributed by atoms with Gasteiger partial charge in [0.15, 0.2) is 5.78 Å². The molecule has 0 saturated carbocycles. The van der Waals surface area contributed by atoms with E-state index in [2.05, 4.69) is 6.92 Å². The molecule has 0 aliphatic heterocycles. The van der Waals surface area contributed by atoms with Gasteiger partial charge in [-0.05, 0) is 35.9 Å². The first-order valence-electron chi connectivity index (χ1n) is 7.03. The fourth-order valence-electron chi connectivity index (χ4n) is 2.20. The Hall–Kier alpha value is -1.48. The van der Waals surface area contributed by atoms with E-state index in [4.69, 9.17) is 4.74 Å². The molecule has 0 saturated heterocycles. The van der Waals surface area contributed by atoms with Crippen LogP contribution in [0.2, 0.25) is 0 Å². The Morgan fingerprint density at radius 3 is 2.70 bits per heavy atom. The van der Waals surface area contributed by atoms with Gasteiger partial charge in [-0.2, -0.15) is 11.8 Å². The van der Waals surface area contributed by atoms with Crippen LogP contribution in [-0.4, -0.2) is 23.9 Å². The van der Waals surface area contributed by atoms with E-state index in [1.807, 2.05) is 43.3 Å². The van der Waals surface area contributed by atoms with E-state index < -0.39 is 0 Å². The van der Waals surface area contributed by atoms with Gasteiger partial charge in [0.1, 0.15) is 5.75 Å². The van der Waals surface area contributed by atoms with E-state index in [9.17, 15) is 4.79 Å². The zero-order valence-electron chi connectivity index (χ0n) is 12.0. The monoisotopic (exact) mass is 288 g/mol. The van der Waals surface area contributed by atoms with Crippen molar-refractivity contribution >= 4 is 28.3 Å². The van der Waals surface area contributed by atoms with Gasteiger partial charge in [0.25, 0.3) is 0 Å². The summed E-state index contributed by atoms with van der Waals surface area (Å²) in [5, 5.41) is 2.07. The van der Waals surface area contributed by atoms with Gasteiger partial charge in [-0.1, -0.05) is 37.3 Å². The first-order valence-corrected chi connectivity index (χ1v) is 8.18. The van der Waals surface area contributed by atoms with Crippen molar-refractivity contribution in [2.75, 3.05) is 18.1 Å². The predicted octanol–water partition coefficient (Wildman–Crippen LogP) is 4.56. The Labute approximate surface area is 124 Å². The summed E-state index contributed by atoms with van der Waals surface area (Å²) in [6, 6.07) is 11.9. The van der Waals surface area contributed by atoms with Crippen LogP contribution < -0.4 is 4.74 Å². The predicted molar refractivity (Wildman–Crippen MR) is 87.1 cm³/mol. The normalized spacial score (nSPS) is 10.7. The number of carbonyl (C=O) groups is 1. The van der Waals surface area contributed by atoms with Gasteiger partial charge < -0.3 is 4.74 Å². The number of rotatable bonds is 7. The molecule has 2 rings (SSSR count). The van der Waals surface area contributed by atoms with E-state index in [1.165, 1.54) is 0 Å². The van der Waals surface area contributed by atoms with Crippen LogP contribution in [0.15, 0.2) is 36.4 Å². The second-order valence-corrected chi connectivity index (χ2v) is 5.67. The van der Waals surface area contributed by atoms with Gasteiger partial charge in [-0.3, -0.25) is 4.79 Å². The largest absolute Gasteiger partial charge is 0.493 e. The van der Waals surface area contributed by atoms with Crippen molar-refractivity contribution in [2.45, 2.75) is 20.3 Å². The molecule has 0 unspecified atom stereocenters. The third-order valence-electron chi connectivity index (χ3n) is 3.05. The maximum atomic E-state index is 12.5. The summed E-state index contributed by atoms with van der Waals surface area (Å²) < 4.78 is 5.64. The Kier molecular flexibility index (Phi) is 5.48. The molecule has 20 heavy (non-hydrogen) atoms. The minimum Gasteiger partial charge on any atom is -0.493 e. The smallest absolute Gasteiger partial charge is 0.177 e. The van der Waals surface area contributed by atoms with Gasteiger partial charge in [0.05, 0.1) is 17.9 Å². The molecule has 0 bridgehead atoms. The van der Waals surface area contributed by atoms with Crippen molar-refractivity contribution in [3.8, 4) is 5.75 Å². The second kappa shape index (κ2) is 7.34. The number of benzene rings is 2. The van der Waals surface area contributed by atoms with Gasteiger partial charge in [0, 0.05) is 0 Å². The summed E-state index contributed by atoms with van der Waals surface area (Å²) in [7, 11) is 0. The van der Waals surface area contributed by atoms with Crippen LogP contribution in [0.4, 0.5) is 0 Å². The van der Waals surface area contributed by atoms with Crippen molar-refractivity contribution in [2.24, 2.45) is 0 Å². The number of ketones is 1. The SMILES string of the molecule is CCCSCC(=O)c1c(OCC)ccc2ccccc12. The molecule has 2 aromatic carbocycles. The molecular weight excluding hydrogens is 268 g/mol. The van der Waals surface area contributed by atoms with Gasteiger partial charge in [0.2, 0.25) is 0 Å². The molecule has 0 fully saturated rings. The average molecular weight is 288 g/mol. The molecule has 0 atom stereocenters. The highest BCUT2D eigenvalue weighted by Crippen LogP contribution is 2.29. The van der Waals surface area contributed by atoms with E-state index in [0.717, 1.165) is 28.5 Å². The lowest BCUT2D eigenvalue weighted by Crippen LogP contribution is -2.07. The van der Waals surface area contributed by atoms with Crippen LogP contribution in [0.1, 0.15) is 30.6 Å². The van der Waals surface area contributed by atoms with E-state index in [1.54, 1.807) is 11.8 Å². The number of carbonyl (C=O) groups excluding carboxylic acids is 1. The van der Waals surface area contributed by atoms with E-state index in [-0.39, 0.29) is 5.78 Å². The minimum absolute atomic E-state index is 0.156. The third kappa shape index (κ3) is 3.34. The molecule has 2 nitrogen and oxygen atoms in total. The Balaban J connectivity index is 2.40. The fraction of sp³-hybridized carbons (Fsp3) is 0.353. The summed E-state index contributed by atoms with van der Waals surface area (Å²) in [6.45, 7) is 4.64. The number of hydrogen-bond acceptors (Lipinski definition) is 3. The van der Waals surface area contributed by atoms with Crippen molar-refractivity contribution in [1.82, 2.24) is 0 Å². The number of fused-ring (bicyclic) bond motifs is 1. The first-order chi connectivity index (χ1) is 9.77. The molecule has 0 amide bonds. The van der Waals surface area contributed by atoms with E-state index >= 15 is 0 Å².